The van der Waals surface area contributed by atoms with E-state index in [2.05, 4.69) is 26.1 Å². The van der Waals surface area contributed by atoms with Crippen molar-refractivity contribution in [2.75, 3.05) is 13.7 Å². The van der Waals surface area contributed by atoms with Gasteiger partial charge in [-0.25, -0.2) is 0 Å². The van der Waals surface area contributed by atoms with Crippen molar-refractivity contribution in [2.24, 2.45) is 5.92 Å². The molecule has 3 unspecified atom stereocenters. The van der Waals surface area contributed by atoms with Gasteiger partial charge >= 0.3 is 0 Å². The molecule has 0 rings (SSSR count). The van der Waals surface area contributed by atoms with E-state index in [4.69, 9.17) is 4.74 Å². The molecule has 0 aromatic heterocycles. The van der Waals surface area contributed by atoms with E-state index in [0.717, 1.165) is 6.61 Å². The van der Waals surface area contributed by atoms with Gasteiger partial charge in [0.05, 0.1) is 6.10 Å². The van der Waals surface area contributed by atoms with Crippen LogP contribution in [0.3, 0.4) is 0 Å². The highest BCUT2D eigenvalue weighted by Crippen LogP contribution is 2.12. The summed E-state index contributed by atoms with van der Waals surface area (Å²) in [7, 11) is 2.01. The number of hydrogen-bond acceptors (Lipinski definition) is 2. The van der Waals surface area contributed by atoms with E-state index in [1.54, 1.807) is 0 Å². The Labute approximate surface area is 76.7 Å². The molecule has 0 heterocycles. The van der Waals surface area contributed by atoms with Gasteiger partial charge in [-0.05, 0) is 26.8 Å². The molecule has 2 nitrogen and oxygen atoms in total. The van der Waals surface area contributed by atoms with Crippen LogP contribution in [0.2, 0.25) is 0 Å². The van der Waals surface area contributed by atoms with Crippen molar-refractivity contribution < 1.29 is 4.74 Å². The van der Waals surface area contributed by atoms with Gasteiger partial charge in [-0.15, -0.1) is 0 Å². The zero-order valence-electron chi connectivity index (χ0n) is 9.05. The highest BCUT2D eigenvalue weighted by atomic mass is 16.5. The van der Waals surface area contributed by atoms with Crippen molar-refractivity contribution in [1.29, 1.82) is 0 Å². The fraction of sp³-hybridized carbons (Fsp3) is 1.00. The summed E-state index contributed by atoms with van der Waals surface area (Å²) in [4.78, 5) is 0. The van der Waals surface area contributed by atoms with Crippen LogP contribution in [0.15, 0.2) is 0 Å². The van der Waals surface area contributed by atoms with Crippen LogP contribution in [0.1, 0.15) is 34.1 Å². The van der Waals surface area contributed by atoms with Crippen LogP contribution < -0.4 is 5.32 Å². The molecule has 0 fully saturated rings. The van der Waals surface area contributed by atoms with Gasteiger partial charge in [-0.1, -0.05) is 20.3 Å². The average molecular weight is 173 g/mol. The molecular formula is C10H23NO. The largest absolute Gasteiger partial charge is 0.377 e. The molecule has 0 amide bonds. The monoisotopic (exact) mass is 173 g/mol. The van der Waals surface area contributed by atoms with Crippen LogP contribution in [0, 0.1) is 5.92 Å². The molecule has 3 atom stereocenters. The standard InChI is InChI=1S/C10H23NO/c1-6-8(3)10(11-5)9(4)12-7-2/h8-11H,6-7H2,1-5H3. The number of likely N-dealkylation sites (N-methyl/N-ethyl adjacent to an activating group) is 1. The Morgan fingerprint density at radius 1 is 1.25 bits per heavy atom. The summed E-state index contributed by atoms with van der Waals surface area (Å²) in [5.41, 5.74) is 0. The van der Waals surface area contributed by atoms with Gasteiger partial charge < -0.3 is 10.1 Å². The van der Waals surface area contributed by atoms with Crippen LogP contribution in [-0.2, 0) is 4.74 Å². The second kappa shape index (κ2) is 6.44. The van der Waals surface area contributed by atoms with Crippen LogP contribution in [-0.4, -0.2) is 25.8 Å². The van der Waals surface area contributed by atoms with Gasteiger partial charge in [-0.3, -0.25) is 0 Å². The van der Waals surface area contributed by atoms with Crippen LogP contribution >= 0.6 is 0 Å². The van der Waals surface area contributed by atoms with Gasteiger partial charge in [0.1, 0.15) is 0 Å². The summed E-state index contributed by atoms with van der Waals surface area (Å²) in [6.07, 6.45) is 1.51. The van der Waals surface area contributed by atoms with Gasteiger partial charge in [-0.2, -0.15) is 0 Å². The molecule has 0 spiro atoms. The summed E-state index contributed by atoms with van der Waals surface area (Å²) < 4.78 is 5.56. The minimum absolute atomic E-state index is 0.315. The molecule has 0 radical (unpaired) electrons. The summed E-state index contributed by atoms with van der Waals surface area (Å²) in [6, 6.07) is 0.481. The van der Waals surface area contributed by atoms with E-state index in [-0.39, 0.29) is 0 Å². The van der Waals surface area contributed by atoms with Crippen LogP contribution in [0.4, 0.5) is 0 Å². The average Bonchev–Trinajstić information content (AvgIpc) is 2.06. The van der Waals surface area contributed by atoms with Crippen molar-refractivity contribution in [2.45, 2.75) is 46.3 Å². The van der Waals surface area contributed by atoms with Gasteiger partial charge in [0, 0.05) is 12.6 Å². The zero-order valence-corrected chi connectivity index (χ0v) is 9.05. The molecule has 0 aliphatic rings. The van der Waals surface area contributed by atoms with Crippen LogP contribution in [0.5, 0.6) is 0 Å². The summed E-state index contributed by atoms with van der Waals surface area (Å²) >= 11 is 0. The maximum Gasteiger partial charge on any atom is 0.0702 e. The highest BCUT2D eigenvalue weighted by molar-refractivity contribution is 4.76. The molecule has 0 saturated carbocycles. The number of ether oxygens (including phenoxy) is 1. The Balaban J connectivity index is 3.94. The van der Waals surface area contributed by atoms with Crippen molar-refractivity contribution >= 4 is 0 Å². The Morgan fingerprint density at radius 2 is 1.83 bits per heavy atom. The third-order valence-electron chi connectivity index (χ3n) is 2.53. The van der Waals surface area contributed by atoms with E-state index in [9.17, 15) is 0 Å². The second-order valence-corrected chi connectivity index (χ2v) is 3.36. The molecule has 0 saturated heterocycles. The lowest BCUT2D eigenvalue weighted by Crippen LogP contribution is -2.42. The lowest BCUT2D eigenvalue weighted by atomic mass is 9.95. The molecule has 0 bridgehead atoms. The predicted molar refractivity (Wildman–Crippen MR) is 53.4 cm³/mol. The Hall–Kier alpha value is -0.0800. The topological polar surface area (TPSA) is 21.3 Å². The fourth-order valence-electron chi connectivity index (χ4n) is 1.60. The Kier molecular flexibility index (Phi) is 6.39. The second-order valence-electron chi connectivity index (χ2n) is 3.36. The maximum absolute atomic E-state index is 5.56. The first kappa shape index (κ1) is 11.9. The normalized spacial score (nSPS) is 18.8. The highest BCUT2D eigenvalue weighted by Gasteiger charge is 2.20. The quantitative estimate of drug-likeness (QED) is 0.663. The van der Waals surface area contributed by atoms with Gasteiger partial charge in [0.25, 0.3) is 0 Å². The van der Waals surface area contributed by atoms with Crippen molar-refractivity contribution in [3.63, 3.8) is 0 Å². The SMILES string of the molecule is CCOC(C)C(NC)C(C)CC. The fourth-order valence-corrected chi connectivity index (χ4v) is 1.60. The summed E-state index contributed by atoms with van der Waals surface area (Å²) in [5, 5.41) is 3.31. The molecule has 0 aliphatic carbocycles. The van der Waals surface area contributed by atoms with Gasteiger partial charge in [0.2, 0.25) is 0 Å². The van der Waals surface area contributed by atoms with Crippen LogP contribution in [0.25, 0.3) is 0 Å². The molecule has 74 valence electrons. The number of nitrogens with one attached hydrogen (secondary N) is 1. The summed E-state index contributed by atoms with van der Waals surface area (Å²) in [6.45, 7) is 9.46. The first-order chi connectivity index (χ1) is 5.67. The molecule has 2 heteroatoms. The minimum atomic E-state index is 0.315. The van der Waals surface area contributed by atoms with E-state index in [1.807, 2.05) is 14.0 Å². The number of rotatable bonds is 6. The molecule has 12 heavy (non-hydrogen) atoms. The lowest BCUT2D eigenvalue weighted by molar-refractivity contribution is 0.0342. The Morgan fingerprint density at radius 3 is 2.17 bits per heavy atom. The summed E-state index contributed by atoms with van der Waals surface area (Å²) in [5.74, 6) is 0.677. The molecule has 1 N–H and O–H groups in total. The first-order valence-electron chi connectivity index (χ1n) is 4.96. The van der Waals surface area contributed by atoms with E-state index in [1.165, 1.54) is 6.42 Å². The molecule has 0 aliphatic heterocycles. The zero-order chi connectivity index (χ0) is 9.56. The van der Waals surface area contributed by atoms with E-state index in [0.29, 0.717) is 18.1 Å². The third kappa shape index (κ3) is 3.55. The van der Waals surface area contributed by atoms with Gasteiger partial charge in [0.15, 0.2) is 0 Å². The van der Waals surface area contributed by atoms with E-state index < -0.39 is 0 Å². The van der Waals surface area contributed by atoms with Crippen molar-refractivity contribution in [3.05, 3.63) is 0 Å². The lowest BCUT2D eigenvalue weighted by Gasteiger charge is -2.28. The van der Waals surface area contributed by atoms with Crippen molar-refractivity contribution in [3.8, 4) is 0 Å². The number of hydrogen-bond donors (Lipinski definition) is 1. The Bertz CT molecular complexity index is 106. The molecule has 0 aromatic rings. The van der Waals surface area contributed by atoms with E-state index >= 15 is 0 Å². The maximum atomic E-state index is 5.56. The third-order valence-corrected chi connectivity index (χ3v) is 2.53. The molecular weight excluding hydrogens is 150 g/mol. The first-order valence-corrected chi connectivity index (χ1v) is 4.96. The minimum Gasteiger partial charge on any atom is -0.377 e. The predicted octanol–water partition coefficient (Wildman–Crippen LogP) is 2.05. The smallest absolute Gasteiger partial charge is 0.0702 e. The van der Waals surface area contributed by atoms with Crippen molar-refractivity contribution in [1.82, 2.24) is 5.32 Å². The molecule has 0 aromatic carbocycles.